The third kappa shape index (κ3) is 2.22. The van der Waals surface area contributed by atoms with E-state index in [0.29, 0.717) is 5.89 Å². The molecule has 3 aromatic rings. The average Bonchev–Trinajstić information content (AvgIpc) is 2.80. The van der Waals surface area contributed by atoms with E-state index in [1.54, 1.807) is 0 Å². The Balaban J connectivity index is 1.95. The van der Waals surface area contributed by atoms with Crippen LogP contribution in [-0.4, -0.2) is 4.98 Å². The van der Waals surface area contributed by atoms with E-state index in [1.807, 2.05) is 60.7 Å². The van der Waals surface area contributed by atoms with Crippen LogP contribution in [0.5, 0.6) is 0 Å². The van der Waals surface area contributed by atoms with Crippen molar-refractivity contribution in [3.63, 3.8) is 0 Å². The van der Waals surface area contributed by atoms with Crippen molar-refractivity contribution in [2.75, 3.05) is 0 Å². The quantitative estimate of drug-likeness (QED) is 0.682. The second-order valence-corrected chi connectivity index (χ2v) is 4.73. The Bertz CT molecular complexity index is 682. The summed E-state index contributed by atoms with van der Waals surface area (Å²) in [7, 11) is 0. The maximum absolute atomic E-state index is 5.62. The van der Waals surface area contributed by atoms with Crippen molar-refractivity contribution in [1.82, 2.24) is 4.98 Å². The minimum atomic E-state index is 0.618. The zero-order valence-electron chi connectivity index (χ0n) is 9.51. The summed E-state index contributed by atoms with van der Waals surface area (Å²) in [5, 5.41) is 0. The smallest absolute Gasteiger partial charge is 0.220 e. The monoisotopic (exact) mass is 299 g/mol. The number of nitrogens with zero attached hydrogens (tertiary/aromatic N) is 1. The Morgan fingerprint density at radius 1 is 0.944 bits per heavy atom. The number of hydrogen-bond donors (Lipinski definition) is 0. The molecule has 1 aromatic heterocycles. The third-order valence-electron chi connectivity index (χ3n) is 2.62. The van der Waals surface area contributed by atoms with Crippen LogP contribution in [-0.2, 0) is 0 Å². The van der Waals surface area contributed by atoms with Gasteiger partial charge >= 0.3 is 0 Å². The predicted molar refractivity (Wildman–Crippen MR) is 77.1 cm³/mol. The Kier molecular flexibility index (Phi) is 2.99. The molecule has 1 heterocycles. The predicted octanol–water partition coefficient (Wildman–Crippen LogP) is 4.76. The first-order valence-electron chi connectivity index (χ1n) is 5.61. The lowest BCUT2D eigenvalue weighted by Gasteiger charge is -1.95. The Morgan fingerprint density at radius 2 is 1.72 bits per heavy atom. The highest BCUT2D eigenvalue weighted by Gasteiger charge is 2.01. The second-order valence-electron chi connectivity index (χ2n) is 3.87. The van der Waals surface area contributed by atoms with Crippen LogP contribution >= 0.6 is 15.9 Å². The molecular formula is C15H10BrNO. The summed E-state index contributed by atoms with van der Waals surface area (Å²) in [5.41, 5.74) is 2.79. The van der Waals surface area contributed by atoms with Crippen LogP contribution in [0.4, 0.5) is 0 Å². The van der Waals surface area contributed by atoms with Gasteiger partial charge in [-0.15, -0.1) is 0 Å². The molecule has 18 heavy (non-hydrogen) atoms. The molecule has 0 aliphatic heterocycles. The summed E-state index contributed by atoms with van der Waals surface area (Å²) in [4.78, 5) is 4.39. The van der Waals surface area contributed by atoms with Crippen LogP contribution in [0.3, 0.4) is 0 Å². The first kappa shape index (κ1) is 11.2. The van der Waals surface area contributed by atoms with Gasteiger partial charge in [0, 0.05) is 10.5 Å². The summed E-state index contributed by atoms with van der Waals surface area (Å²) in [6.45, 7) is 0. The van der Waals surface area contributed by atoms with Gasteiger partial charge in [0.15, 0.2) is 5.58 Å². The molecule has 0 amide bonds. The van der Waals surface area contributed by atoms with Gasteiger partial charge in [0.25, 0.3) is 0 Å². The van der Waals surface area contributed by atoms with Gasteiger partial charge in [0.2, 0.25) is 5.89 Å². The molecule has 2 aromatic carbocycles. The van der Waals surface area contributed by atoms with E-state index in [4.69, 9.17) is 4.42 Å². The fourth-order valence-electron chi connectivity index (χ4n) is 1.73. The topological polar surface area (TPSA) is 26.0 Å². The van der Waals surface area contributed by atoms with Gasteiger partial charge in [0.05, 0.1) is 0 Å². The van der Waals surface area contributed by atoms with Crippen LogP contribution in [0.25, 0.3) is 23.3 Å². The van der Waals surface area contributed by atoms with Gasteiger partial charge in [-0.2, -0.15) is 0 Å². The summed E-state index contributed by atoms with van der Waals surface area (Å²) >= 11 is 3.50. The van der Waals surface area contributed by atoms with Crippen molar-refractivity contribution >= 4 is 39.2 Å². The number of fused-ring (bicyclic) bond motifs is 1. The molecule has 0 saturated carbocycles. The molecule has 0 aliphatic carbocycles. The van der Waals surface area contributed by atoms with Gasteiger partial charge in [0.1, 0.15) is 5.52 Å². The number of halogens is 1. The molecule has 3 rings (SSSR count). The number of rotatable bonds is 2. The molecule has 0 fully saturated rings. The normalized spacial score (nSPS) is 11.4. The van der Waals surface area contributed by atoms with Crippen molar-refractivity contribution in [1.29, 1.82) is 0 Å². The summed E-state index contributed by atoms with van der Waals surface area (Å²) in [6, 6.07) is 15.8. The maximum Gasteiger partial charge on any atom is 0.220 e. The third-order valence-corrected chi connectivity index (χ3v) is 3.34. The van der Waals surface area contributed by atoms with E-state index in [-0.39, 0.29) is 0 Å². The zero-order valence-corrected chi connectivity index (χ0v) is 11.1. The fourth-order valence-corrected chi connectivity index (χ4v) is 2.15. The van der Waals surface area contributed by atoms with Gasteiger partial charge in [-0.3, -0.25) is 0 Å². The van der Waals surface area contributed by atoms with E-state index in [2.05, 4.69) is 20.9 Å². The van der Waals surface area contributed by atoms with Crippen LogP contribution in [0.15, 0.2) is 57.4 Å². The largest absolute Gasteiger partial charge is 0.437 e. The number of oxazole rings is 1. The van der Waals surface area contributed by atoms with E-state index < -0.39 is 0 Å². The molecule has 2 nitrogen and oxygen atoms in total. The van der Waals surface area contributed by atoms with Crippen molar-refractivity contribution in [2.45, 2.75) is 0 Å². The number of hydrogen-bond acceptors (Lipinski definition) is 2. The van der Waals surface area contributed by atoms with Crippen LogP contribution < -0.4 is 0 Å². The van der Waals surface area contributed by atoms with Crippen LogP contribution in [0.2, 0.25) is 0 Å². The van der Waals surface area contributed by atoms with E-state index in [1.165, 1.54) is 0 Å². The molecule has 0 unspecified atom stereocenters. The van der Waals surface area contributed by atoms with Gasteiger partial charge in [-0.25, -0.2) is 4.98 Å². The molecule has 0 aliphatic rings. The summed E-state index contributed by atoms with van der Waals surface area (Å²) in [5.74, 6) is 0.618. The minimum Gasteiger partial charge on any atom is -0.437 e. The van der Waals surface area contributed by atoms with E-state index in [0.717, 1.165) is 21.1 Å². The molecule has 0 N–H and O–H groups in total. The van der Waals surface area contributed by atoms with Gasteiger partial charge in [-0.05, 0) is 29.8 Å². The van der Waals surface area contributed by atoms with Crippen molar-refractivity contribution in [3.8, 4) is 0 Å². The lowest BCUT2D eigenvalue weighted by molar-refractivity contribution is 0.590. The SMILES string of the molecule is Brc1ccccc1C=Cc1nc2ccccc2o1. The molecule has 3 heteroatoms. The van der Waals surface area contributed by atoms with Crippen molar-refractivity contribution in [3.05, 3.63) is 64.5 Å². The summed E-state index contributed by atoms with van der Waals surface area (Å²) in [6.07, 6.45) is 3.86. The number of benzene rings is 2. The van der Waals surface area contributed by atoms with Crippen LogP contribution in [0.1, 0.15) is 11.5 Å². The van der Waals surface area contributed by atoms with Crippen LogP contribution in [0, 0.1) is 0 Å². The first-order chi connectivity index (χ1) is 8.83. The number of para-hydroxylation sites is 2. The molecular weight excluding hydrogens is 290 g/mol. The van der Waals surface area contributed by atoms with Gasteiger partial charge in [-0.1, -0.05) is 46.3 Å². The molecule has 0 radical (unpaired) electrons. The van der Waals surface area contributed by atoms with E-state index >= 15 is 0 Å². The first-order valence-corrected chi connectivity index (χ1v) is 6.40. The highest BCUT2D eigenvalue weighted by Crippen LogP contribution is 2.20. The van der Waals surface area contributed by atoms with E-state index in [9.17, 15) is 0 Å². The van der Waals surface area contributed by atoms with Gasteiger partial charge < -0.3 is 4.42 Å². The molecule has 0 bridgehead atoms. The molecule has 0 spiro atoms. The molecule has 0 saturated heterocycles. The standard InChI is InChI=1S/C15H10BrNO/c16-12-6-2-1-5-11(12)9-10-15-17-13-7-3-4-8-14(13)18-15/h1-10H. The Morgan fingerprint density at radius 3 is 2.56 bits per heavy atom. The highest BCUT2D eigenvalue weighted by molar-refractivity contribution is 9.10. The zero-order chi connectivity index (χ0) is 12.4. The lowest BCUT2D eigenvalue weighted by Crippen LogP contribution is -1.74. The average molecular weight is 300 g/mol. The van der Waals surface area contributed by atoms with Crippen molar-refractivity contribution < 1.29 is 4.42 Å². The Labute approximate surface area is 113 Å². The second kappa shape index (κ2) is 4.78. The fraction of sp³-hybridized carbons (Fsp3) is 0. The van der Waals surface area contributed by atoms with Crippen molar-refractivity contribution in [2.24, 2.45) is 0 Å². The number of aromatic nitrogens is 1. The Hall–Kier alpha value is -1.87. The minimum absolute atomic E-state index is 0.618. The molecule has 88 valence electrons. The molecule has 0 atom stereocenters. The highest BCUT2D eigenvalue weighted by atomic mass is 79.9. The summed E-state index contributed by atoms with van der Waals surface area (Å²) < 4.78 is 6.67. The lowest BCUT2D eigenvalue weighted by atomic mass is 10.2. The maximum atomic E-state index is 5.62.